The maximum absolute atomic E-state index is 11.9. The Kier molecular flexibility index (Phi) is 4.03. The minimum Gasteiger partial charge on any atom is -0.443 e. The molecule has 19 heavy (non-hydrogen) atoms. The first-order valence-electron chi connectivity index (χ1n) is 5.96. The summed E-state index contributed by atoms with van der Waals surface area (Å²) < 4.78 is 27.5. The highest BCUT2D eigenvalue weighted by atomic mass is 79.9. The number of nitrogens with one attached hydrogen (secondary N) is 1. The molecule has 1 aliphatic rings. The summed E-state index contributed by atoms with van der Waals surface area (Å²) in [6, 6.07) is 1.29. The maximum Gasteiger partial charge on any atom is 0.287 e. The van der Waals surface area contributed by atoms with Gasteiger partial charge in [0.25, 0.3) is 5.91 Å². The number of halogens is 1. The molecule has 106 valence electrons. The number of primary sulfonamides is 1. The number of carbonyl (C=O) groups is 1. The van der Waals surface area contributed by atoms with E-state index in [-0.39, 0.29) is 21.4 Å². The van der Waals surface area contributed by atoms with Crippen molar-refractivity contribution in [2.75, 3.05) is 0 Å². The molecule has 0 radical (unpaired) electrons. The first kappa shape index (κ1) is 14.5. The van der Waals surface area contributed by atoms with E-state index in [0.29, 0.717) is 5.92 Å². The van der Waals surface area contributed by atoms with Crippen molar-refractivity contribution >= 4 is 31.9 Å². The maximum atomic E-state index is 11.9. The number of furan rings is 1. The molecule has 1 saturated carbocycles. The third-order valence-corrected chi connectivity index (χ3v) is 4.85. The van der Waals surface area contributed by atoms with Gasteiger partial charge in [-0.1, -0.05) is 13.3 Å². The second-order valence-corrected chi connectivity index (χ2v) is 6.91. The predicted octanol–water partition coefficient (Wildman–Crippen LogP) is 1.61. The number of nitrogens with two attached hydrogens (primary N) is 1. The van der Waals surface area contributed by atoms with E-state index in [1.807, 2.05) is 0 Å². The first-order chi connectivity index (χ1) is 8.82. The van der Waals surface area contributed by atoms with E-state index >= 15 is 0 Å². The molecule has 1 aliphatic carbocycles. The molecule has 3 N–H and O–H groups in total. The van der Waals surface area contributed by atoms with Crippen molar-refractivity contribution < 1.29 is 17.6 Å². The van der Waals surface area contributed by atoms with E-state index < -0.39 is 15.9 Å². The van der Waals surface area contributed by atoms with Gasteiger partial charge in [0.2, 0.25) is 10.0 Å². The Labute approximate surface area is 119 Å². The van der Waals surface area contributed by atoms with E-state index in [4.69, 9.17) is 9.56 Å². The normalized spacial score (nSPS) is 22.3. The Bertz CT molecular complexity index is 596. The van der Waals surface area contributed by atoms with Crippen molar-refractivity contribution in [2.24, 2.45) is 11.1 Å². The molecule has 8 heteroatoms. The average Bonchev–Trinajstić information content (AvgIpc) is 2.87. The van der Waals surface area contributed by atoms with Crippen molar-refractivity contribution in [2.45, 2.75) is 37.1 Å². The van der Waals surface area contributed by atoms with E-state index in [1.165, 1.54) is 0 Å². The molecule has 6 nitrogen and oxygen atoms in total. The highest BCUT2D eigenvalue weighted by Gasteiger charge is 2.38. The zero-order valence-corrected chi connectivity index (χ0v) is 12.8. The van der Waals surface area contributed by atoms with Gasteiger partial charge < -0.3 is 9.73 Å². The highest BCUT2D eigenvalue weighted by molar-refractivity contribution is 9.10. The number of hydrogen-bond acceptors (Lipinski definition) is 4. The number of amides is 1. The molecule has 1 heterocycles. The molecule has 2 unspecified atom stereocenters. The zero-order chi connectivity index (χ0) is 14.2. The fraction of sp³-hybridized carbons (Fsp3) is 0.545. The summed E-state index contributed by atoms with van der Waals surface area (Å²) in [6.45, 7) is 2.10. The Morgan fingerprint density at radius 2 is 2.32 bits per heavy atom. The molecular weight excluding hydrogens is 336 g/mol. The van der Waals surface area contributed by atoms with Gasteiger partial charge in [0.05, 0.1) is 0 Å². The van der Waals surface area contributed by atoms with Crippen molar-refractivity contribution in [1.82, 2.24) is 5.32 Å². The van der Waals surface area contributed by atoms with Gasteiger partial charge in [0.1, 0.15) is 4.90 Å². The Balaban J connectivity index is 2.05. The van der Waals surface area contributed by atoms with Crippen LogP contribution in [0.15, 0.2) is 20.0 Å². The van der Waals surface area contributed by atoms with Gasteiger partial charge in [-0.25, -0.2) is 13.6 Å². The molecule has 0 spiro atoms. The lowest BCUT2D eigenvalue weighted by molar-refractivity contribution is 0.0919. The van der Waals surface area contributed by atoms with Crippen molar-refractivity contribution in [3.05, 3.63) is 16.5 Å². The van der Waals surface area contributed by atoms with Gasteiger partial charge in [0, 0.05) is 12.1 Å². The fourth-order valence-electron chi connectivity index (χ4n) is 2.01. The molecule has 1 amide bonds. The van der Waals surface area contributed by atoms with E-state index in [2.05, 4.69) is 28.2 Å². The van der Waals surface area contributed by atoms with Crippen LogP contribution >= 0.6 is 15.9 Å². The van der Waals surface area contributed by atoms with Crippen LogP contribution < -0.4 is 10.5 Å². The minimum absolute atomic E-state index is 0.0546. The summed E-state index contributed by atoms with van der Waals surface area (Å²) >= 11 is 2.93. The van der Waals surface area contributed by atoms with Gasteiger partial charge >= 0.3 is 0 Å². The molecule has 1 aromatic rings. The van der Waals surface area contributed by atoms with Crippen LogP contribution in [0.2, 0.25) is 0 Å². The van der Waals surface area contributed by atoms with Crippen molar-refractivity contribution in [3.8, 4) is 0 Å². The second-order valence-electron chi connectivity index (χ2n) is 4.66. The van der Waals surface area contributed by atoms with Crippen molar-refractivity contribution in [3.63, 3.8) is 0 Å². The van der Waals surface area contributed by atoms with E-state index in [1.54, 1.807) is 0 Å². The molecule has 0 aliphatic heterocycles. The highest BCUT2D eigenvalue weighted by Crippen LogP contribution is 2.35. The quantitative estimate of drug-likeness (QED) is 0.841. The fourth-order valence-corrected chi connectivity index (χ4v) is 3.51. The Hall–Kier alpha value is -0.860. The van der Waals surface area contributed by atoms with Gasteiger partial charge in [-0.2, -0.15) is 0 Å². The Morgan fingerprint density at radius 3 is 2.84 bits per heavy atom. The third kappa shape index (κ3) is 3.37. The van der Waals surface area contributed by atoms with Gasteiger partial charge in [-0.3, -0.25) is 4.79 Å². The molecule has 2 rings (SSSR count). The third-order valence-electron chi connectivity index (χ3n) is 3.08. The molecule has 0 saturated heterocycles. The molecular formula is C11H15BrN2O4S. The monoisotopic (exact) mass is 350 g/mol. The van der Waals surface area contributed by atoms with Gasteiger partial charge in [-0.05, 0) is 34.7 Å². The van der Waals surface area contributed by atoms with Crippen LogP contribution in [-0.4, -0.2) is 20.4 Å². The van der Waals surface area contributed by atoms with E-state index in [9.17, 15) is 13.2 Å². The smallest absolute Gasteiger partial charge is 0.287 e. The lowest BCUT2D eigenvalue weighted by Crippen LogP contribution is -2.26. The number of hydrogen-bond donors (Lipinski definition) is 2. The summed E-state index contributed by atoms with van der Waals surface area (Å²) in [5, 5.41) is 7.80. The molecule has 0 aromatic carbocycles. The molecule has 1 fully saturated rings. The summed E-state index contributed by atoms with van der Waals surface area (Å²) in [5.41, 5.74) is 0. The number of carbonyl (C=O) groups excluding carboxylic acids is 1. The van der Waals surface area contributed by atoms with Crippen LogP contribution in [0.3, 0.4) is 0 Å². The van der Waals surface area contributed by atoms with Crippen LogP contribution in [0, 0.1) is 5.92 Å². The number of rotatable bonds is 5. The first-order valence-corrected chi connectivity index (χ1v) is 8.30. The van der Waals surface area contributed by atoms with Crippen molar-refractivity contribution in [1.29, 1.82) is 0 Å². The lowest BCUT2D eigenvalue weighted by Gasteiger charge is -2.01. The van der Waals surface area contributed by atoms with Crippen LogP contribution in [0.1, 0.15) is 36.7 Å². The molecule has 2 atom stereocenters. The van der Waals surface area contributed by atoms with Crippen LogP contribution in [0.5, 0.6) is 0 Å². The van der Waals surface area contributed by atoms with Gasteiger partial charge in [0.15, 0.2) is 10.4 Å². The largest absolute Gasteiger partial charge is 0.443 e. The standard InChI is InChI=1S/C11H15BrN2O4S/c1-2-3-6-4-7(6)14-11(15)8-5-9(10(12)18-8)19(13,16)17/h5-7H,2-4H2,1H3,(H,14,15)(H2,13,16,17). The Morgan fingerprint density at radius 1 is 1.63 bits per heavy atom. The second kappa shape index (κ2) is 5.26. The van der Waals surface area contributed by atoms with E-state index in [0.717, 1.165) is 25.3 Å². The SMILES string of the molecule is CCCC1CC1NC(=O)c1cc(S(N)(=O)=O)c(Br)o1. The average molecular weight is 351 g/mol. The van der Waals surface area contributed by atoms with Crippen LogP contribution in [-0.2, 0) is 10.0 Å². The molecule has 0 bridgehead atoms. The lowest BCUT2D eigenvalue weighted by atomic mass is 10.2. The summed E-state index contributed by atoms with van der Waals surface area (Å²) in [6.07, 6.45) is 3.12. The topological polar surface area (TPSA) is 102 Å². The molecule has 1 aromatic heterocycles. The van der Waals surface area contributed by atoms with Crippen LogP contribution in [0.4, 0.5) is 0 Å². The zero-order valence-electron chi connectivity index (χ0n) is 10.3. The summed E-state index contributed by atoms with van der Waals surface area (Å²) in [4.78, 5) is 11.7. The minimum atomic E-state index is -3.90. The predicted molar refractivity (Wildman–Crippen MR) is 72.1 cm³/mol. The summed E-state index contributed by atoms with van der Waals surface area (Å²) in [5.74, 6) is 0.0438. The number of sulfonamides is 1. The summed E-state index contributed by atoms with van der Waals surface area (Å²) in [7, 11) is -3.90. The van der Waals surface area contributed by atoms with Gasteiger partial charge in [-0.15, -0.1) is 0 Å². The van der Waals surface area contributed by atoms with Crippen LogP contribution in [0.25, 0.3) is 0 Å².